The summed E-state index contributed by atoms with van der Waals surface area (Å²) in [6.07, 6.45) is 2.73. The highest BCUT2D eigenvalue weighted by Gasteiger charge is 2.32. The fourth-order valence-corrected chi connectivity index (χ4v) is 1.70. The lowest BCUT2D eigenvalue weighted by Gasteiger charge is -2.12. The third kappa shape index (κ3) is 6.12. The van der Waals surface area contributed by atoms with Gasteiger partial charge >= 0.3 is 5.97 Å². The molecule has 1 aliphatic heterocycles. The van der Waals surface area contributed by atoms with Gasteiger partial charge in [0.2, 0.25) is 0 Å². The van der Waals surface area contributed by atoms with E-state index in [0.29, 0.717) is 31.3 Å². The first-order chi connectivity index (χ1) is 9.65. The number of methoxy groups -OCH3 is 1. The first-order valence-electron chi connectivity index (χ1n) is 6.78. The van der Waals surface area contributed by atoms with Gasteiger partial charge in [-0.25, -0.2) is 4.79 Å². The van der Waals surface area contributed by atoms with Gasteiger partial charge in [-0.05, 0) is 12.8 Å². The maximum atomic E-state index is 11.4. The number of imide groups is 1. The van der Waals surface area contributed by atoms with Crippen LogP contribution in [0.15, 0.2) is 0 Å². The van der Waals surface area contributed by atoms with E-state index >= 15 is 0 Å². The lowest BCUT2D eigenvalue weighted by molar-refractivity contribution is -0.197. The molecule has 1 fully saturated rings. The van der Waals surface area contributed by atoms with E-state index in [2.05, 4.69) is 0 Å². The van der Waals surface area contributed by atoms with E-state index in [1.165, 1.54) is 0 Å². The van der Waals surface area contributed by atoms with Crippen LogP contribution in [0.25, 0.3) is 0 Å². The van der Waals surface area contributed by atoms with Crippen LogP contribution in [0.5, 0.6) is 0 Å². The third-order valence-electron chi connectivity index (χ3n) is 2.80. The zero-order valence-corrected chi connectivity index (χ0v) is 11.8. The standard InChI is InChI=1S/C13H21NO6/c1-18-9-10-19-8-4-2-3-5-13(17)20-14-11(15)6-7-12(14)16/h2-10H2,1H3. The van der Waals surface area contributed by atoms with E-state index < -0.39 is 17.8 Å². The molecule has 0 saturated carbocycles. The Morgan fingerprint density at radius 3 is 2.40 bits per heavy atom. The van der Waals surface area contributed by atoms with Crippen LogP contribution in [0.1, 0.15) is 38.5 Å². The molecule has 0 atom stereocenters. The van der Waals surface area contributed by atoms with Crippen molar-refractivity contribution in [3.8, 4) is 0 Å². The number of hydrogen-bond acceptors (Lipinski definition) is 6. The van der Waals surface area contributed by atoms with E-state index in [4.69, 9.17) is 14.3 Å². The second-order valence-electron chi connectivity index (χ2n) is 4.46. The van der Waals surface area contributed by atoms with Crippen LogP contribution < -0.4 is 0 Å². The molecule has 7 nitrogen and oxygen atoms in total. The zero-order valence-electron chi connectivity index (χ0n) is 11.8. The Bertz CT molecular complexity index is 328. The van der Waals surface area contributed by atoms with Gasteiger partial charge in [-0.2, -0.15) is 0 Å². The molecule has 0 aliphatic carbocycles. The summed E-state index contributed by atoms with van der Waals surface area (Å²) < 4.78 is 10.1. The summed E-state index contributed by atoms with van der Waals surface area (Å²) >= 11 is 0. The Labute approximate surface area is 118 Å². The van der Waals surface area contributed by atoms with Crippen LogP contribution in [-0.2, 0) is 28.7 Å². The van der Waals surface area contributed by atoms with Gasteiger partial charge in [-0.3, -0.25) is 9.59 Å². The van der Waals surface area contributed by atoms with Crippen LogP contribution in [-0.4, -0.2) is 49.8 Å². The average molecular weight is 287 g/mol. The Hall–Kier alpha value is -1.47. The number of rotatable bonds is 10. The minimum atomic E-state index is -0.547. The molecule has 0 radical (unpaired) electrons. The van der Waals surface area contributed by atoms with Gasteiger partial charge in [0.1, 0.15) is 0 Å². The summed E-state index contributed by atoms with van der Waals surface area (Å²) in [5.41, 5.74) is 0. The quantitative estimate of drug-likeness (QED) is 0.437. The highest BCUT2D eigenvalue weighted by atomic mass is 16.7. The van der Waals surface area contributed by atoms with E-state index in [-0.39, 0.29) is 19.3 Å². The summed E-state index contributed by atoms with van der Waals surface area (Å²) in [5.74, 6) is -1.45. The normalized spacial score (nSPS) is 14.9. The van der Waals surface area contributed by atoms with Gasteiger partial charge in [-0.15, -0.1) is 5.06 Å². The predicted octanol–water partition coefficient (Wildman–Crippen LogP) is 0.817. The summed E-state index contributed by atoms with van der Waals surface area (Å²) in [7, 11) is 1.62. The minimum absolute atomic E-state index is 0.116. The summed E-state index contributed by atoms with van der Waals surface area (Å²) in [6, 6.07) is 0. The van der Waals surface area contributed by atoms with Crippen molar-refractivity contribution >= 4 is 17.8 Å². The molecule has 0 aromatic heterocycles. The first-order valence-corrected chi connectivity index (χ1v) is 6.78. The van der Waals surface area contributed by atoms with Crippen LogP contribution in [0.2, 0.25) is 0 Å². The third-order valence-corrected chi connectivity index (χ3v) is 2.80. The van der Waals surface area contributed by atoms with E-state index in [1.807, 2.05) is 0 Å². The highest BCUT2D eigenvalue weighted by molar-refractivity contribution is 6.01. The second-order valence-corrected chi connectivity index (χ2v) is 4.46. The van der Waals surface area contributed by atoms with Gasteiger partial charge in [0.15, 0.2) is 0 Å². The maximum Gasteiger partial charge on any atom is 0.333 e. The number of unbranched alkanes of at least 4 members (excludes halogenated alkanes) is 2. The largest absolute Gasteiger partial charge is 0.382 e. The van der Waals surface area contributed by atoms with Crippen molar-refractivity contribution in [2.24, 2.45) is 0 Å². The number of amides is 2. The zero-order chi connectivity index (χ0) is 14.8. The van der Waals surface area contributed by atoms with E-state index in [1.54, 1.807) is 7.11 Å². The molecule has 1 heterocycles. The predicted molar refractivity (Wildman–Crippen MR) is 68.3 cm³/mol. The number of nitrogens with zero attached hydrogens (tertiary/aromatic N) is 1. The molecule has 0 aromatic carbocycles. The molecule has 2 amide bonds. The van der Waals surface area contributed by atoms with E-state index in [0.717, 1.165) is 12.8 Å². The van der Waals surface area contributed by atoms with Gasteiger partial charge in [0.05, 0.1) is 13.2 Å². The smallest absolute Gasteiger partial charge is 0.333 e. The fourth-order valence-electron chi connectivity index (χ4n) is 1.70. The van der Waals surface area contributed by atoms with Crippen molar-refractivity contribution in [1.82, 2.24) is 5.06 Å². The van der Waals surface area contributed by atoms with Crippen molar-refractivity contribution in [3.63, 3.8) is 0 Å². The van der Waals surface area contributed by atoms with Crippen LogP contribution in [0.3, 0.4) is 0 Å². The van der Waals surface area contributed by atoms with Crippen molar-refractivity contribution in [2.75, 3.05) is 26.9 Å². The topological polar surface area (TPSA) is 82.1 Å². The molecule has 0 unspecified atom stereocenters. The number of ether oxygens (including phenoxy) is 2. The van der Waals surface area contributed by atoms with Crippen LogP contribution in [0.4, 0.5) is 0 Å². The average Bonchev–Trinajstić information content (AvgIpc) is 2.73. The Balaban J connectivity index is 2.00. The Morgan fingerprint density at radius 1 is 1.05 bits per heavy atom. The minimum Gasteiger partial charge on any atom is -0.382 e. The number of carbonyl (C=O) groups is 3. The number of hydrogen-bond donors (Lipinski definition) is 0. The monoisotopic (exact) mass is 287 g/mol. The number of hydroxylamine groups is 2. The van der Waals surface area contributed by atoms with Gasteiger partial charge in [-0.1, -0.05) is 6.42 Å². The molecule has 1 saturated heterocycles. The van der Waals surface area contributed by atoms with Crippen LogP contribution in [0, 0.1) is 0 Å². The molecule has 20 heavy (non-hydrogen) atoms. The molecular weight excluding hydrogens is 266 g/mol. The molecule has 114 valence electrons. The molecule has 0 bridgehead atoms. The maximum absolute atomic E-state index is 11.4. The summed E-state index contributed by atoms with van der Waals surface area (Å²) in [5, 5.41) is 0.580. The Morgan fingerprint density at radius 2 is 1.75 bits per heavy atom. The van der Waals surface area contributed by atoms with Crippen molar-refractivity contribution in [1.29, 1.82) is 0 Å². The fraction of sp³-hybridized carbons (Fsp3) is 0.769. The lowest BCUT2D eigenvalue weighted by atomic mass is 10.2. The number of carbonyl (C=O) groups excluding carboxylic acids is 3. The molecule has 0 spiro atoms. The van der Waals surface area contributed by atoms with E-state index in [9.17, 15) is 14.4 Å². The second kappa shape index (κ2) is 9.44. The molecule has 7 heteroatoms. The molecular formula is C13H21NO6. The van der Waals surface area contributed by atoms with Gasteiger partial charge < -0.3 is 14.3 Å². The van der Waals surface area contributed by atoms with Gasteiger partial charge in [0.25, 0.3) is 11.8 Å². The molecule has 0 N–H and O–H groups in total. The molecule has 1 aliphatic rings. The van der Waals surface area contributed by atoms with Crippen molar-refractivity contribution in [3.05, 3.63) is 0 Å². The van der Waals surface area contributed by atoms with Crippen LogP contribution >= 0.6 is 0 Å². The van der Waals surface area contributed by atoms with Crippen molar-refractivity contribution in [2.45, 2.75) is 38.5 Å². The molecule has 1 rings (SSSR count). The first kappa shape index (κ1) is 16.6. The van der Waals surface area contributed by atoms with Crippen molar-refractivity contribution < 1.29 is 28.7 Å². The summed E-state index contributed by atoms with van der Waals surface area (Å²) in [6.45, 7) is 1.77. The Kier molecular flexibility index (Phi) is 7.82. The summed E-state index contributed by atoms with van der Waals surface area (Å²) in [4.78, 5) is 38.6. The highest BCUT2D eigenvalue weighted by Crippen LogP contribution is 2.13. The van der Waals surface area contributed by atoms with Gasteiger partial charge in [0, 0.05) is 33.0 Å². The SMILES string of the molecule is COCCOCCCCCC(=O)ON1C(=O)CCC1=O. The lowest BCUT2D eigenvalue weighted by Crippen LogP contribution is -2.31. The molecule has 0 aromatic rings.